The first-order chi connectivity index (χ1) is 8.61. The lowest BCUT2D eigenvalue weighted by molar-refractivity contribution is -0.146. The Morgan fingerprint density at radius 1 is 1.39 bits per heavy atom. The molecular formula is C12H14BrNO3S. The summed E-state index contributed by atoms with van der Waals surface area (Å²) in [6.45, 7) is 1.24. The molecule has 0 spiro atoms. The third kappa shape index (κ3) is 2.92. The van der Waals surface area contributed by atoms with Gasteiger partial charge in [-0.05, 0) is 40.9 Å². The maximum atomic E-state index is 12.2. The van der Waals surface area contributed by atoms with Gasteiger partial charge in [-0.3, -0.25) is 9.59 Å². The van der Waals surface area contributed by atoms with E-state index in [0.29, 0.717) is 25.9 Å². The first-order valence-electron chi connectivity index (χ1n) is 5.74. The average Bonchev–Trinajstić information content (AvgIpc) is 2.84. The number of amides is 1. The number of carbonyl (C=O) groups is 2. The summed E-state index contributed by atoms with van der Waals surface area (Å²) in [6, 6.07) is 3.70. The Labute approximate surface area is 118 Å². The van der Waals surface area contributed by atoms with Crippen LogP contribution < -0.4 is 0 Å². The van der Waals surface area contributed by atoms with E-state index in [1.54, 1.807) is 4.90 Å². The van der Waals surface area contributed by atoms with Gasteiger partial charge in [-0.15, -0.1) is 11.3 Å². The normalized spacial score (nSPS) is 16.7. The molecule has 0 unspecified atom stereocenters. The second kappa shape index (κ2) is 5.84. The van der Waals surface area contributed by atoms with Gasteiger partial charge in [-0.2, -0.15) is 0 Å². The molecule has 0 aromatic carbocycles. The topological polar surface area (TPSA) is 46.6 Å². The summed E-state index contributed by atoms with van der Waals surface area (Å²) < 4.78 is 5.68. The van der Waals surface area contributed by atoms with Gasteiger partial charge in [0.15, 0.2) is 0 Å². The molecule has 1 amide bonds. The number of piperidine rings is 1. The Morgan fingerprint density at radius 2 is 2.06 bits per heavy atom. The Balaban J connectivity index is 1.94. The van der Waals surface area contributed by atoms with E-state index < -0.39 is 0 Å². The van der Waals surface area contributed by atoms with Crippen LogP contribution in [0.3, 0.4) is 0 Å². The number of methoxy groups -OCH3 is 1. The molecule has 2 rings (SSSR count). The second-order valence-electron chi connectivity index (χ2n) is 4.19. The monoisotopic (exact) mass is 331 g/mol. The minimum absolute atomic E-state index is 0.0500. The highest BCUT2D eigenvalue weighted by Gasteiger charge is 2.28. The molecule has 1 aliphatic heterocycles. The van der Waals surface area contributed by atoms with E-state index in [0.717, 1.165) is 8.66 Å². The SMILES string of the molecule is COC(=O)C1CCN(C(=O)c2ccc(Br)s2)CC1. The Kier molecular flexibility index (Phi) is 4.40. The van der Waals surface area contributed by atoms with Gasteiger partial charge in [0.25, 0.3) is 5.91 Å². The van der Waals surface area contributed by atoms with Crippen molar-refractivity contribution >= 4 is 39.1 Å². The molecule has 0 aliphatic carbocycles. The summed E-state index contributed by atoms with van der Waals surface area (Å²) in [6.07, 6.45) is 1.37. The number of hydrogen-bond donors (Lipinski definition) is 0. The van der Waals surface area contributed by atoms with Crippen molar-refractivity contribution in [3.63, 3.8) is 0 Å². The number of hydrogen-bond acceptors (Lipinski definition) is 4. The van der Waals surface area contributed by atoms with Crippen LogP contribution in [0.5, 0.6) is 0 Å². The minimum atomic E-state index is -0.166. The molecule has 0 saturated carbocycles. The van der Waals surface area contributed by atoms with Gasteiger partial charge < -0.3 is 9.64 Å². The summed E-state index contributed by atoms with van der Waals surface area (Å²) in [7, 11) is 1.41. The van der Waals surface area contributed by atoms with E-state index in [2.05, 4.69) is 15.9 Å². The zero-order valence-corrected chi connectivity index (χ0v) is 12.4. The van der Waals surface area contributed by atoms with Crippen LogP contribution in [0.4, 0.5) is 0 Å². The number of rotatable bonds is 2. The molecule has 2 heterocycles. The van der Waals surface area contributed by atoms with Crippen LogP contribution >= 0.6 is 27.3 Å². The van der Waals surface area contributed by atoms with E-state index in [-0.39, 0.29) is 17.8 Å². The van der Waals surface area contributed by atoms with Crippen LogP contribution in [-0.4, -0.2) is 37.0 Å². The molecule has 0 bridgehead atoms. The average molecular weight is 332 g/mol. The Bertz CT molecular complexity index is 452. The van der Waals surface area contributed by atoms with Gasteiger partial charge >= 0.3 is 5.97 Å². The predicted molar refractivity (Wildman–Crippen MR) is 72.7 cm³/mol. The van der Waals surface area contributed by atoms with Crippen LogP contribution in [-0.2, 0) is 9.53 Å². The van der Waals surface area contributed by atoms with Crippen molar-refractivity contribution in [2.45, 2.75) is 12.8 Å². The quantitative estimate of drug-likeness (QED) is 0.782. The molecule has 0 atom stereocenters. The third-order valence-corrected chi connectivity index (χ3v) is 4.71. The number of ether oxygens (including phenoxy) is 1. The van der Waals surface area contributed by atoms with Crippen molar-refractivity contribution in [1.82, 2.24) is 4.90 Å². The van der Waals surface area contributed by atoms with Crippen LogP contribution in [0.15, 0.2) is 15.9 Å². The van der Waals surface area contributed by atoms with Gasteiger partial charge in [-0.25, -0.2) is 0 Å². The zero-order valence-electron chi connectivity index (χ0n) is 10.0. The lowest BCUT2D eigenvalue weighted by Crippen LogP contribution is -2.40. The van der Waals surface area contributed by atoms with Crippen molar-refractivity contribution in [2.24, 2.45) is 5.92 Å². The first-order valence-corrected chi connectivity index (χ1v) is 7.35. The highest BCUT2D eigenvalue weighted by atomic mass is 79.9. The predicted octanol–water partition coefficient (Wildman–Crippen LogP) is 2.54. The van der Waals surface area contributed by atoms with Crippen molar-refractivity contribution in [3.8, 4) is 0 Å². The molecule has 98 valence electrons. The molecule has 6 heteroatoms. The minimum Gasteiger partial charge on any atom is -0.469 e. The Morgan fingerprint density at radius 3 is 2.56 bits per heavy atom. The van der Waals surface area contributed by atoms with Crippen molar-refractivity contribution in [2.75, 3.05) is 20.2 Å². The smallest absolute Gasteiger partial charge is 0.308 e. The summed E-state index contributed by atoms with van der Waals surface area (Å²) in [5.41, 5.74) is 0. The molecule has 1 aromatic heterocycles. The Hall–Kier alpha value is -0.880. The maximum Gasteiger partial charge on any atom is 0.308 e. The van der Waals surface area contributed by atoms with Gasteiger partial charge in [0, 0.05) is 13.1 Å². The van der Waals surface area contributed by atoms with Crippen molar-refractivity contribution in [3.05, 3.63) is 20.8 Å². The fraction of sp³-hybridized carbons (Fsp3) is 0.500. The highest BCUT2D eigenvalue weighted by Crippen LogP contribution is 2.25. The maximum absolute atomic E-state index is 12.2. The molecule has 18 heavy (non-hydrogen) atoms. The molecule has 1 aliphatic rings. The molecule has 1 fully saturated rings. The van der Waals surface area contributed by atoms with Crippen molar-refractivity contribution < 1.29 is 14.3 Å². The number of esters is 1. The molecule has 1 aromatic rings. The van der Waals surface area contributed by atoms with E-state index in [4.69, 9.17) is 4.74 Å². The van der Waals surface area contributed by atoms with Crippen LogP contribution in [0.1, 0.15) is 22.5 Å². The van der Waals surface area contributed by atoms with Crippen molar-refractivity contribution in [1.29, 1.82) is 0 Å². The van der Waals surface area contributed by atoms with Gasteiger partial charge in [0.2, 0.25) is 0 Å². The standard InChI is InChI=1S/C12H14BrNO3S/c1-17-12(16)8-4-6-14(7-5-8)11(15)9-2-3-10(13)18-9/h2-3,8H,4-7H2,1H3. The second-order valence-corrected chi connectivity index (χ2v) is 6.66. The van der Waals surface area contributed by atoms with Crippen LogP contribution in [0.2, 0.25) is 0 Å². The number of carbonyl (C=O) groups excluding carboxylic acids is 2. The number of halogens is 1. The van der Waals surface area contributed by atoms with Crippen LogP contribution in [0, 0.1) is 5.92 Å². The summed E-state index contributed by atoms with van der Waals surface area (Å²) in [5, 5.41) is 0. The zero-order chi connectivity index (χ0) is 13.1. The van der Waals surface area contributed by atoms with E-state index in [1.165, 1.54) is 18.4 Å². The third-order valence-electron chi connectivity index (χ3n) is 3.10. The molecular weight excluding hydrogens is 318 g/mol. The fourth-order valence-electron chi connectivity index (χ4n) is 2.07. The number of thiophene rings is 1. The summed E-state index contributed by atoms with van der Waals surface area (Å²) >= 11 is 4.78. The van der Waals surface area contributed by atoms with Gasteiger partial charge in [0.1, 0.15) is 0 Å². The summed E-state index contributed by atoms with van der Waals surface area (Å²) in [5.74, 6) is -0.177. The van der Waals surface area contributed by atoms with Gasteiger partial charge in [0.05, 0.1) is 21.7 Å². The largest absolute Gasteiger partial charge is 0.469 e. The summed E-state index contributed by atoms with van der Waals surface area (Å²) in [4.78, 5) is 26.1. The highest BCUT2D eigenvalue weighted by molar-refractivity contribution is 9.11. The number of likely N-dealkylation sites (tertiary alicyclic amines) is 1. The molecule has 4 nitrogen and oxygen atoms in total. The van der Waals surface area contributed by atoms with E-state index in [1.807, 2.05) is 12.1 Å². The van der Waals surface area contributed by atoms with Crippen LogP contribution in [0.25, 0.3) is 0 Å². The van der Waals surface area contributed by atoms with Gasteiger partial charge in [-0.1, -0.05) is 0 Å². The first kappa shape index (κ1) is 13.5. The lowest BCUT2D eigenvalue weighted by Gasteiger charge is -2.30. The number of nitrogens with zero attached hydrogens (tertiary/aromatic N) is 1. The molecule has 0 radical (unpaired) electrons. The molecule has 1 saturated heterocycles. The molecule has 0 N–H and O–H groups in total. The fourth-order valence-corrected chi connectivity index (χ4v) is 3.42. The lowest BCUT2D eigenvalue weighted by atomic mass is 9.97. The van der Waals surface area contributed by atoms with E-state index >= 15 is 0 Å². The van der Waals surface area contributed by atoms with E-state index in [9.17, 15) is 9.59 Å².